The van der Waals surface area contributed by atoms with Gasteiger partial charge in [-0.25, -0.2) is 4.98 Å². The summed E-state index contributed by atoms with van der Waals surface area (Å²) >= 11 is 0. The van der Waals surface area contributed by atoms with E-state index in [2.05, 4.69) is 22.1 Å². The van der Waals surface area contributed by atoms with Crippen LogP contribution < -0.4 is 10.1 Å². The summed E-state index contributed by atoms with van der Waals surface area (Å²) in [6.07, 6.45) is 2.99. The third kappa shape index (κ3) is 3.19. The summed E-state index contributed by atoms with van der Waals surface area (Å²) in [7, 11) is 1.57. The monoisotopic (exact) mass is 232 g/mol. The van der Waals surface area contributed by atoms with Gasteiger partial charge in [-0.2, -0.15) is 0 Å². The Morgan fingerprint density at radius 1 is 1.41 bits per heavy atom. The van der Waals surface area contributed by atoms with Gasteiger partial charge < -0.3 is 15.2 Å². The molecule has 2 heterocycles. The van der Waals surface area contributed by atoms with Crippen molar-refractivity contribution in [3.05, 3.63) is 23.9 Å². The second-order valence-corrected chi connectivity index (χ2v) is 4.12. The predicted octanol–water partition coefficient (Wildman–Crippen LogP) is 0.556. The van der Waals surface area contributed by atoms with Crippen molar-refractivity contribution >= 4 is 0 Å². The Hall–Kier alpha value is -1.57. The molecular formula is C13H16N2O2. The summed E-state index contributed by atoms with van der Waals surface area (Å²) in [6.45, 7) is 1.62. The molecule has 1 aromatic rings. The molecule has 2 rings (SSSR count). The quantitative estimate of drug-likeness (QED) is 0.695. The maximum Gasteiger partial charge on any atom is 0.212 e. The fraction of sp³-hybridized carbons (Fsp3) is 0.462. The van der Waals surface area contributed by atoms with E-state index >= 15 is 0 Å². The lowest BCUT2D eigenvalue weighted by atomic mass is 9.93. The van der Waals surface area contributed by atoms with E-state index in [1.807, 2.05) is 6.07 Å². The van der Waals surface area contributed by atoms with E-state index in [0.717, 1.165) is 18.7 Å². The topological polar surface area (TPSA) is 54.4 Å². The predicted molar refractivity (Wildman–Crippen MR) is 64.7 cm³/mol. The van der Waals surface area contributed by atoms with Crippen LogP contribution in [0.2, 0.25) is 0 Å². The fourth-order valence-corrected chi connectivity index (χ4v) is 1.73. The highest BCUT2D eigenvalue weighted by atomic mass is 16.5. The van der Waals surface area contributed by atoms with E-state index in [1.54, 1.807) is 19.4 Å². The minimum Gasteiger partial charge on any atom is -0.481 e. The molecule has 0 aromatic carbocycles. The largest absolute Gasteiger partial charge is 0.481 e. The molecule has 0 amide bonds. The highest BCUT2D eigenvalue weighted by Crippen LogP contribution is 2.16. The zero-order valence-corrected chi connectivity index (χ0v) is 9.86. The molecule has 0 radical (unpaired) electrons. The molecule has 0 aliphatic carbocycles. The standard InChI is InChI=1S/C13H16N2O2/c1-17-12-3-2-11(10-15-12)4-5-13(16)6-8-14-9-7-13/h2-3,10,14,16H,6-9H2,1H3. The molecule has 1 aromatic heterocycles. The molecule has 2 N–H and O–H groups in total. The first-order chi connectivity index (χ1) is 8.22. The van der Waals surface area contributed by atoms with Crippen molar-refractivity contribution in [2.45, 2.75) is 18.4 Å². The Labute approximate surface area is 101 Å². The van der Waals surface area contributed by atoms with Crippen LogP contribution in [-0.2, 0) is 0 Å². The molecular weight excluding hydrogens is 216 g/mol. The van der Waals surface area contributed by atoms with Crippen molar-refractivity contribution < 1.29 is 9.84 Å². The summed E-state index contributed by atoms with van der Waals surface area (Å²) in [5, 5.41) is 13.4. The summed E-state index contributed by atoms with van der Waals surface area (Å²) in [4.78, 5) is 4.06. The highest BCUT2D eigenvalue weighted by Gasteiger charge is 2.26. The number of aliphatic hydroxyl groups is 1. The Morgan fingerprint density at radius 2 is 2.18 bits per heavy atom. The number of nitrogens with one attached hydrogen (secondary N) is 1. The van der Waals surface area contributed by atoms with Crippen LogP contribution in [0, 0.1) is 11.8 Å². The normalized spacial score (nSPS) is 18.0. The van der Waals surface area contributed by atoms with E-state index < -0.39 is 5.60 Å². The Balaban J connectivity index is 2.08. The number of hydrogen-bond acceptors (Lipinski definition) is 4. The molecule has 0 bridgehead atoms. The zero-order valence-electron chi connectivity index (χ0n) is 9.86. The number of hydrogen-bond donors (Lipinski definition) is 2. The minimum absolute atomic E-state index is 0.566. The van der Waals surface area contributed by atoms with Gasteiger partial charge in [0.25, 0.3) is 0 Å². The van der Waals surface area contributed by atoms with Gasteiger partial charge in [-0.1, -0.05) is 11.8 Å². The van der Waals surface area contributed by atoms with Crippen LogP contribution in [0.3, 0.4) is 0 Å². The maximum atomic E-state index is 10.2. The first-order valence-electron chi connectivity index (χ1n) is 5.68. The molecule has 1 saturated heterocycles. The zero-order chi connectivity index (χ0) is 12.1. The van der Waals surface area contributed by atoms with Gasteiger partial charge in [0.15, 0.2) is 0 Å². The fourth-order valence-electron chi connectivity index (χ4n) is 1.73. The summed E-state index contributed by atoms with van der Waals surface area (Å²) in [6, 6.07) is 3.60. The Bertz CT molecular complexity index is 425. The van der Waals surface area contributed by atoms with Crippen LogP contribution in [0.1, 0.15) is 18.4 Å². The first kappa shape index (κ1) is 11.9. The molecule has 1 aliphatic heterocycles. The van der Waals surface area contributed by atoms with Gasteiger partial charge >= 0.3 is 0 Å². The van der Waals surface area contributed by atoms with Crippen molar-refractivity contribution in [2.24, 2.45) is 0 Å². The van der Waals surface area contributed by atoms with Crippen LogP contribution in [-0.4, -0.2) is 35.9 Å². The van der Waals surface area contributed by atoms with Gasteiger partial charge in [-0.15, -0.1) is 0 Å². The molecule has 4 nitrogen and oxygen atoms in total. The highest BCUT2D eigenvalue weighted by molar-refractivity contribution is 5.36. The number of methoxy groups -OCH3 is 1. The second-order valence-electron chi connectivity index (χ2n) is 4.12. The van der Waals surface area contributed by atoms with Gasteiger partial charge in [0.1, 0.15) is 5.60 Å². The summed E-state index contributed by atoms with van der Waals surface area (Å²) < 4.78 is 4.97. The number of nitrogens with zero attached hydrogens (tertiary/aromatic N) is 1. The van der Waals surface area contributed by atoms with Crippen LogP contribution in [0.25, 0.3) is 0 Å². The number of aromatic nitrogens is 1. The lowest BCUT2D eigenvalue weighted by Crippen LogP contribution is -2.40. The molecule has 0 unspecified atom stereocenters. The minimum atomic E-state index is -0.856. The third-order valence-electron chi connectivity index (χ3n) is 2.82. The summed E-state index contributed by atoms with van der Waals surface area (Å²) in [5.41, 5.74) is -0.0664. The molecule has 4 heteroatoms. The van der Waals surface area contributed by atoms with E-state index in [0.29, 0.717) is 18.7 Å². The molecule has 17 heavy (non-hydrogen) atoms. The molecule has 1 fully saturated rings. The van der Waals surface area contributed by atoms with E-state index in [9.17, 15) is 5.11 Å². The lowest BCUT2D eigenvalue weighted by Gasteiger charge is -2.27. The SMILES string of the molecule is COc1ccc(C#CC2(O)CCNCC2)cn1. The van der Waals surface area contributed by atoms with Crippen molar-refractivity contribution in [1.29, 1.82) is 0 Å². The van der Waals surface area contributed by atoms with Gasteiger partial charge in [0.05, 0.1) is 7.11 Å². The smallest absolute Gasteiger partial charge is 0.212 e. The van der Waals surface area contributed by atoms with Gasteiger partial charge in [-0.05, 0) is 32.0 Å². The van der Waals surface area contributed by atoms with Crippen LogP contribution >= 0.6 is 0 Å². The van der Waals surface area contributed by atoms with Crippen molar-refractivity contribution in [1.82, 2.24) is 10.3 Å². The number of ether oxygens (including phenoxy) is 1. The Morgan fingerprint density at radius 3 is 2.76 bits per heavy atom. The number of piperidine rings is 1. The second kappa shape index (κ2) is 5.17. The lowest BCUT2D eigenvalue weighted by molar-refractivity contribution is 0.0679. The van der Waals surface area contributed by atoms with E-state index in [1.165, 1.54) is 0 Å². The van der Waals surface area contributed by atoms with Crippen molar-refractivity contribution in [2.75, 3.05) is 20.2 Å². The first-order valence-corrected chi connectivity index (χ1v) is 5.68. The average molecular weight is 232 g/mol. The summed E-state index contributed by atoms with van der Waals surface area (Å²) in [5.74, 6) is 6.46. The molecule has 0 spiro atoms. The average Bonchev–Trinajstić information content (AvgIpc) is 2.38. The molecule has 0 atom stereocenters. The maximum absolute atomic E-state index is 10.2. The molecule has 0 saturated carbocycles. The number of pyridine rings is 1. The Kier molecular flexibility index (Phi) is 3.62. The van der Waals surface area contributed by atoms with Crippen LogP contribution in [0.5, 0.6) is 5.88 Å². The van der Waals surface area contributed by atoms with Crippen LogP contribution in [0.4, 0.5) is 0 Å². The van der Waals surface area contributed by atoms with Crippen LogP contribution in [0.15, 0.2) is 18.3 Å². The molecule has 1 aliphatic rings. The number of rotatable bonds is 1. The third-order valence-corrected chi connectivity index (χ3v) is 2.82. The van der Waals surface area contributed by atoms with Crippen molar-refractivity contribution in [3.63, 3.8) is 0 Å². The van der Waals surface area contributed by atoms with Crippen molar-refractivity contribution in [3.8, 4) is 17.7 Å². The van der Waals surface area contributed by atoms with Gasteiger partial charge in [0, 0.05) is 17.8 Å². The molecule has 90 valence electrons. The van der Waals surface area contributed by atoms with E-state index in [-0.39, 0.29) is 0 Å². The van der Waals surface area contributed by atoms with Gasteiger partial charge in [0.2, 0.25) is 5.88 Å². The van der Waals surface area contributed by atoms with E-state index in [4.69, 9.17) is 4.74 Å². The van der Waals surface area contributed by atoms with Gasteiger partial charge in [-0.3, -0.25) is 0 Å².